The first-order valence-electron chi connectivity index (χ1n) is 5.53. The van der Waals surface area contributed by atoms with Gasteiger partial charge in [-0.05, 0) is 19.9 Å². The molecule has 18 heavy (non-hydrogen) atoms. The van der Waals surface area contributed by atoms with Gasteiger partial charge in [0, 0.05) is 30.1 Å². The number of non-ortho nitro benzene ring substituents is 1. The first-order valence-corrected chi connectivity index (χ1v) is 5.53. The number of nitrogens with zero attached hydrogens (tertiary/aromatic N) is 1. The Bertz CT molecular complexity index is 462. The Morgan fingerprint density at radius 2 is 2.06 bits per heavy atom. The minimum absolute atomic E-state index is 0.0485. The van der Waals surface area contributed by atoms with Crippen molar-refractivity contribution in [3.05, 3.63) is 28.3 Å². The number of benzene rings is 1. The summed E-state index contributed by atoms with van der Waals surface area (Å²) in [5.74, 6) is -0.522. The van der Waals surface area contributed by atoms with Crippen LogP contribution in [0, 0.1) is 10.1 Å². The monoisotopic (exact) mass is 252 g/mol. The lowest BCUT2D eigenvalue weighted by Gasteiger charge is -2.13. The van der Waals surface area contributed by atoms with E-state index in [1.165, 1.54) is 12.1 Å². The van der Waals surface area contributed by atoms with Gasteiger partial charge in [-0.15, -0.1) is 0 Å². The highest BCUT2D eigenvalue weighted by molar-refractivity contribution is 5.83. The van der Waals surface area contributed by atoms with Crippen LogP contribution in [0.25, 0.3) is 0 Å². The molecule has 1 atom stereocenters. The number of anilines is 2. The van der Waals surface area contributed by atoms with Crippen LogP contribution in [0.2, 0.25) is 0 Å². The summed E-state index contributed by atoms with van der Waals surface area (Å²) in [7, 11) is 0. The van der Waals surface area contributed by atoms with Crippen LogP contribution < -0.4 is 16.4 Å². The second kappa shape index (κ2) is 5.85. The van der Waals surface area contributed by atoms with Crippen molar-refractivity contribution in [3.63, 3.8) is 0 Å². The van der Waals surface area contributed by atoms with Crippen LogP contribution in [-0.4, -0.2) is 23.4 Å². The average molecular weight is 252 g/mol. The van der Waals surface area contributed by atoms with E-state index in [0.717, 1.165) is 0 Å². The summed E-state index contributed by atoms with van der Waals surface area (Å²) in [6, 6.07) is 3.89. The van der Waals surface area contributed by atoms with Gasteiger partial charge in [0.05, 0.1) is 4.92 Å². The third-order valence-electron chi connectivity index (χ3n) is 2.32. The molecule has 7 heteroatoms. The molecule has 0 bridgehead atoms. The van der Waals surface area contributed by atoms with Gasteiger partial charge in [0.25, 0.3) is 5.69 Å². The van der Waals surface area contributed by atoms with Crippen molar-refractivity contribution in [2.75, 3.05) is 17.2 Å². The van der Waals surface area contributed by atoms with E-state index in [1.807, 2.05) is 6.92 Å². The van der Waals surface area contributed by atoms with E-state index in [-0.39, 0.29) is 5.69 Å². The molecule has 0 aliphatic rings. The highest BCUT2D eigenvalue weighted by atomic mass is 16.6. The highest BCUT2D eigenvalue weighted by Crippen LogP contribution is 2.24. The topological polar surface area (TPSA) is 110 Å². The number of carbonyl (C=O) groups is 1. The molecule has 0 aromatic heterocycles. The van der Waals surface area contributed by atoms with E-state index in [0.29, 0.717) is 17.9 Å². The molecule has 1 aromatic carbocycles. The third-order valence-corrected chi connectivity index (χ3v) is 2.32. The largest absolute Gasteiger partial charge is 0.385 e. The molecule has 7 nitrogen and oxygen atoms in total. The summed E-state index contributed by atoms with van der Waals surface area (Å²) in [6.07, 6.45) is 0. The van der Waals surface area contributed by atoms with Gasteiger partial charge >= 0.3 is 0 Å². The first kappa shape index (κ1) is 13.8. The van der Waals surface area contributed by atoms with E-state index in [9.17, 15) is 14.9 Å². The zero-order valence-electron chi connectivity index (χ0n) is 10.3. The number of hydrogen-bond donors (Lipinski definition) is 3. The second-order valence-electron chi connectivity index (χ2n) is 3.82. The van der Waals surface area contributed by atoms with Crippen LogP contribution >= 0.6 is 0 Å². The molecule has 0 aliphatic heterocycles. The van der Waals surface area contributed by atoms with Crippen molar-refractivity contribution in [2.45, 2.75) is 19.9 Å². The summed E-state index contributed by atoms with van der Waals surface area (Å²) in [6.45, 7) is 4.12. The highest BCUT2D eigenvalue weighted by Gasteiger charge is 2.13. The number of nitro groups is 1. The predicted molar refractivity (Wildman–Crippen MR) is 69.5 cm³/mol. The molecule has 1 unspecified atom stereocenters. The molecule has 0 saturated heterocycles. The molecule has 0 fully saturated rings. The molecule has 98 valence electrons. The van der Waals surface area contributed by atoms with Gasteiger partial charge < -0.3 is 16.4 Å². The molecule has 4 N–H and O–H groups in total. The summed E-state index contributed by atoms with van der Waals surface area (Å²) >= 11 is 0. The Morgan fingerprint density at radius 1 is 1.44 bits per heavy atom. The number of rotatable bonds is 6. The number of nitrogens with one attached hydrogen (secondary N) is 2. The minimum Gasteiger partial charge on any atom is -0.385 e. The van der Waals surface area contributed by atoms with Gasteiger partial charge in [-0.2, -0.15) is 0 Å². The number of nitro benzene ring substituents is 1. The standard InChI is InChI=1S/C11H16N4O3/c1-3-13-8-4-9(14-7(2)11(12)16)6-10(5-8)15(17)18/h4-7,13-14H,3H2,1-2H3,(H2,12,16). The fourth-order valence-electron chi connectivity index (χ4n) is 1.43. The van der Waals surface area contributed by atoms with Crippen molar-refractivity contribution in [2.24, 2.45) is 5.73 Å². The van der Waals surface area contributed by atoms with Crippen LogP contribution in [0.15, 0.2) is 18.2 Å². The van der Waals surface area contributed by atoms with E-state index in [1.54, 1.807) is 13.0 Å². The second-order valence-corrected chi connectivity index (χ2v) is 3.82. The van der Waals surface area contributed by atoms with Crippen molar-refractivity contribution < 1.29 is 9.72 Å². The van der Waals surface area contributed by atoms with Gasteiger partial charge in [0.15, 0.2) is 0 Å². The Labute approximate surface area is 105 Å². The molecular weight excluding hydrogens is 236 g/mol. The fourth-order valence-corrected chi connectivity index (χ4v) is 1.43. The van der Waals surface area contributed by atoms with E-state index < -0.39 is 16.9 Å². The molecular formula is C11H16N4O3. The molecule has 0 saturated carbocycles. The smallest absolute Gasteiger partial charge is 0.273 e. The van der Waals surface area contributed by atoms with Crippen LogP contribution in [-0.2, 0) is 4.79 Å². The lowest BCUT2D eigenvalue weighted by atomic mass is 10.2. The molecule has 0 radical (unpaired) electrons. The Balaban J connectivity index is 3.02. The molecule has 0 aliphatic carbocycles. The predicted octanol–water partition coefficient (Wildman–Crippen LogP) is 1.31. The molecule has 0 spiro atoms. The lowest BCUT2D eigenvalue weighted by molar-refractivity contribution is -0.384. The van der Waals surface area contributed by atoms with Gasteiger partial charge in [-0.25, -0.2) is 0 Å². The average Bonchev–Trinajstić information content (AvgIpc) is 2.28. The quantitative estimate of drug-likeness (QED) is 0.522. The maximum atomic E-state index is 10.9. The van der Waals surface area contributed by atoms with Crippen LogP contribution in [0.4, 0.5) is 17.1 Å². The number of carbonyl (C=O) groups excluding carboxylic acids is 1. The molecule has 1 amide bonds. The van der Waals surface area contributed by atoms with Gasteiger partial charge in [0.1, 0.15) is 6.04 Å². The lowest BCUT2D eigenvalue weighted by Crippen LogP contribution is -2.32. The van der Waals surface area contributed by atoms with Crippen LogP contribution in [0.3, 0.4) is 0 Å². The maximum absolute atomic E-state index is 10.9. The molecule has 1 aromatic rings. The number of primary amides is 1. The maximum Gasteiger partial charge on any atom is 0.273 e. The summed E-state index contributed by atoms with van der Waals surface area (Å²) in [4.78, 5) is 21.2. The first-order chi connectivity index (χ1) is 8.43. The Morgan fingerprint density at radius 3 is 2.56 bits per heavy atom. The van der Waals surface area contributed by atoms with Crippen LogP contribution in [0.1, 0.15) is 13.8 Å². The van der Waals surface area contributed by atoms with E-state index >= 15 is 0 Å². The van der Waals surface area contributed by atoms with Gasteiger partial charge in [0.2, 0.25) is 5.91 Å². The van der Waals surface area contributed by atoms with Gasteiger partial charge in [-0.1, -0.05) is 0 Å². The van der Waals surface area contributed by atoms with Crippen molar-refractivity contribution >= 4 is 23.0 Å². The normalized spacial score (nSPS) is 11.7. The summed E-state index contributed by atoms with van der Waals surface area (Å²) in [5.41, 5.74) is 6.17. The van der Waals surface area contributed by atoms with Crippen molar-refractivity contribution in [1.82, 2.24) is 0 Å². The van der Waals surface area contributed by atoms with Gasteiger partial charge in [-0.3, -0.25) is 14.9 Å². The van der Waals surface area contributed by atoms with Crippen LogP contribution in [0.5, 0.6) is 0 Å². The zero-order valence-corrected chi connectivity index (χ0v) is 10.3. The number of nitrogens with two attached hydrogens (primary N) is 1. The minimum atomic E-state index is -0.596. The Hall–Kier alpha value is -2.31. The zero-order chi connectivity index (χ0) is 13.7. The molecule has 0 heterocycles. The number of hydrogen-bond acceptors (Lipinski definition) is 5. The summed E-state index contributed by atoms with van der Waals surface area (Å²) in [5, 5.41) is 16.6. The molecule has 1 rings (SSSR count). The van der Waals surface area contributed by atoms with Crippen molar-refractivity contribution in [3.8, 4) is 0 Å². The van der Waals surface area contributed by atoms with E-state index in [4.69, 9.17) is 5.73 Å². The fraction of sp³-hybridized carbons (Fsp3) is 0.364. The summed E-state index contributed by atoms with van der Waals surface area (Å²) < 4.78 is 0. The third kappa shape index (κ3) is 3.62. The van der Waals surface area contributed by atoms with E-state index in [2.05, 4.69) is 10.6 Å². The van der Waals surface area contributed by atoms with Crippen molar-refractivity contribution in [1.29, 1.82) is 0 Å². The Kier molecular flexibility index (Phi) is 4.47. The SMILES string of the molecule is CCNc1cc(NC(C)C(N)=O)cc([N+](=O)[O-])c1. The number of amides is 1.